The minimum absolute atomic E-state index is 0.123. The molecule has 3 amide bonds. The van der Waals surface area contributed by atoms with Gasteiger partial charge < -0.3 is 15.5 Å². The summed E-state index contributed by atoms with van der Waals surface area (Å²) in [5, 5.41) is 5.50. The molecule has 1 aromatic heterocycles. The second-order valence-electron chi connectivity index (χ2n) is 8.19. The summed E-state index contributed by atoms with van der Waals surface area (Å²) in [7, 11) is -3.59. The van der Waals surface area contributed by atoms with Gasteiger partial charge >= 0.3 is 6.03 Å². The van der Waals surface area contributed by atoms with Crippen molar-refractivity contribution < 1.29 is 18.0 Å². The summed E-state index contributed by atoms with van der Waals surface area (Å²) < 4.78 is 27.5. The van der Waals surface area contributed by atoms with Gasteiger partial charge in [0.15, 0.2) is 0 Å². The van der Waals surface area contributed by atoms with E-state index in [0.717, 1.165) is 9.75 Å². The van der Waals surface area contributed by atoms with Crippen LogP contribution in [0.2, 0.25) is 0 Å². The molecule has 2 aromatic rings. The minimum atomic E-state index is -3.59. The number of para-hydroxylation sites is 1. The smallest absolute Gasteiger partial charge is 0.319 e. The number of amides is 3. The van der Waals surface area contributed by atoms with Crippen molar-refractivity contribution in [2.24, 2.45) is 5.92 Å². The van der Waals surface area contributed by atoms with Gasteiger partial charge in [0, 0.05) is 41.6 Å². The number of thiophene rings is 1. The molecule has 1 saturated heterocycles. The third kappa shape index (κ3) is 5.48. The van der Waals surface area contributed by atoms with E-state index in [1.165, 1.54) is 15.6 Å². The molecular formula is C22H30N4O4S2. The zero-order valence-corrected chi connectivity index (χ0v) is 20.4. The van der Waals surface area contributed by atoms with Crippen LogP contribution in [0.5, 0.6) is 0 Å². The number of urea groups is 1. The molecule has 174 valence electrons. The van der Waals surface area contributed by atoms with Gasteiger partial charge in [-0.1, -0.05) is 32.0 Å². The van der Waals surface area contributed by atoms with Gasteiger partial charge in [-0.2, -0.15) is 4.31 Å². The van der Waals surface area contributed by atoms with E-state index in [-0.39, 0.29) is 38.0 Å². The fourth-order valence-corrected chi connectivity index (χ4v) is 6.64. The van der Waals surface area contributed by atoms with Gasteiger partial charge in [0.1, 0.15) is 6.04 Å². The van der Waals surface area contributed by atoms with Crippen molar-refractivity contribution >= 4 is 39.0 Å². The fourth-order valence-electron chi connectivity index (χ4n) is 3.69. The second kappa shape index (κ2) is 10.0. The van der Waals surface area contributed by atoms with Crippen LogP contribution in [0.15, 0.2) is 41.3 Å². The number of anilines is 1. The van der Waals surface area contributed by atoms with E-state index in [1.807, 2.05) is 45.9 Å². The maximum absolute atomic E-state index is 13.1. The van der Waals surface area contributed by atoms with Crippen molar-refractivity contribution in [3.63, 3.8) is 0 Å². The highest BCUT2D eigenvalue weighted by Crippen LogP contribution is 2.28. The van der Waals surface area contributed by atoms with E-state index < -0.39 is 22.1 Å². The lowest BCUT2D eigenvalue weighted by Gasteiger charge is -2.36. The quantitative estimate of drug-likeness (QED) is 0.667. The van der Waals surface area contributed by atoms with Crippen LogP contribution in [0, 0.1) is 19.8 Å². The van der Waals surface area contributed by atoms with E-state index in [9.17, 15) is 18.0 Å². The third-order valence-electron chi connectivity index (χ3n) is 5.41. The number of hydrogen-bond acceptors (Lipinski definition) is 5. The number of piperazine rings is 1. The Balaban J connectivity index is 1.62. The summed E-state index contributed by atoms with van der Waals surface area (Å²) in [6.07, 6.45) is 0. The first-order valence-corrected chi connectivity index (χ1v) is 12.8. The minimum Gasteiger partial charge on any atom is -0.338 e. The predicted molar refractivity (Wildman–Crippen MR) is 126 cm³/mol. The van der Waals surface area contributed by atoms with Crippen LogP contribution in [-0.2, 0) is 14.8 Å². The summed E-state index contributed by atoms with van der Waals surface area (Å²) in [5.41, 5.74) is 0.637. The lowest BCUT2D eigenvalue weighted by molar-refractivity contribution is -0.135. The van der Waals surface area contributed by atoms with Crippen molar-refractivity contribution in [1.82, 2.24) is 14.5 Å². The third-order valence-corrected chi connectivity index (χ3v) is 8.53. The number of sulfonamides is 1. The highest BCUT2D eigenvalue weighted by Gasteiger charge is 2.35. The molecule has 32 heavy (non-hydrogen) atoms. The van der Waals surface area contributed by atoms with Gasteiger partial charge in [-0.05, 0) is 38.0 Å². The van der Waals surface area contributed by atoms with Crippen LogP contribution in [0.3, 0.4) is 0 Å². The molecule has 0 aliphatic carbocycles. The lowest BCUT2D eigenvalue weighted by atomic mass is 10.0. The van der Waals surface area contributed by atoms with Gasteiger partial charge in [0.2, 0.25) is 15.9 Å². The normalized spacial score (nSPS) is 16.1. The summed E-state index contributed by atoms with van der Waals surface area (Å²) in [6.45, 7) is 8.45. The number of carbonyl (C=O) groups excluding carboxylic acids is 2. The number of aryl methyl sites for hydroxylation is 2. The Morgan fingerprint density at radius 3 is 2.19 bits per heavy atom. The number of nitrogens with zero attached hydrogens (tertiary/aromatic N) is 2. The molecule has 8 nitrogen and oxygen atoms in total. The Bertz CT molecular complexity index is 1060. The fraction of sp³-hybridized carbons (Fsp3) is 0.455. The van der Waals surface area contributed by atoms with Crippen LogP contribution in [0.1, 0.15) is 23.6 Å². The second-order valence-corrected chi connectivity index (χ2v) is 11.6. The Morgan fingerprint density at radius 2 is 1.66 bits per heavy atom. The molecule has 0 saturated carbocycles. The highest BCUT2D eigenvalue weighted by molar-refractivity contribution is 7.89. The van der Waals surface area contributed by atoms with Gasteiger partial charge in [-0.15, -0.1) is 11.3 Å². The van der Waals surface area contributed by atoms with Crippen LogP contribution in [-0.4, -0.2) is 61.8 Å². The summed E-state index contributed by atoms with van der Waals surface area (Å²) in [4.78, 5) is 29.2. The first-order chi connectivity index (χ1) is 15.1. The highest BCUT2D eigenvalue weighted by atomic mass is 32.2. The molecule has 1 aliphatic rings. The van der Waals surface area contributed by atoms with E-state index in [4.69, 9.17) is 0 Å². The molecule has 2 heterocycles. The first kappa shape index (κ1) is 24.2. The lowest BCUT2D eigenvalue weighted by Crippen LogP contribution is -2.57. The molecule has 3 rings (SSSR count). The summed E-state index contributed by atoms with van der Waals surface area (Å²) in [5.74, 6) is -0.329. The maximum Gasteiger partial charge on any atom is 0.319 e. The average Bonchev–Trinajstić information content (AvgIpc) is 3.11. The van der Waals surface area contributed by atoms with E-state index >= 15 is 0 Å². The molecule has 1 aromatic carbocycles. The first-order valence-electron chi connectivity index (χ1n) is 10.6. The number of carbonyl (C=O) groups is 2. The van der Waals surface area contributed by atoms with Crippen LogP contribution < -0.4 is 10.6 Å². The topological polar surface area (TPSA) is 98.8 Å². The molecule has 0 bridgehead atoms. The standard InChI is InChI=1S/C22H30N4O4S2/c1-15(2)20(24-22(28)23-18-8-6-5-7-9-18)21(27)25-10-12-26(13-11-25)32(29,30)19-14-16(3)31-17(19)4/h5-9,14-15,20H,10-13H2,1-4H3,(H2,23,24,28). The van der Waals surface area contributed by atoms with Gasteiger partial charge in [0.05, 0.1) is 4.90 Å². The molecule has 2 N–H and O–H groups in total. The van der Waals surface area contributed by atoms with Crippen molar-refractivity contribution in [2.75, 3.05) is 31.5 Å². The van der Waals surface area contributed by atoms with Gasteiger partial charge in [-0.3, -0.25) is 4.79 Å². The molecule has 1 atom stereocenters. The van der Waals surface area contributed by atoms with E-state index in [2.05, 4.69) is 10.6 Å². The average molecular weight is 479 g/mol. The maximum atomic E-state index is 13.1. The predicted octanol–water partition coefficient (Wildman–Crippen LogP) is 3.04. The SMILES string of the molecule is Cc1cc(S(=O)(=O)N2CCN(C(=O)C(NC(=O)Nc3ccccc3)C(C)C)CC2)c(C)s1. The number of nitrogens with one attached hydrogen (secondary N) is 2. The largest absolute Gasteiger partial charge is 0.338 e. The Hall–Kier alpha value is -2.43. The Kier molecular flexibility index (Phi) is 7.58. The van der Waals surface area contributed by atoms with Crippen LogP contribution >= 0.6 is 11.3 Å². The molecule has 1 unspecified atom stereocenters. The molecule has 0 radical (unpaired) electrons. The number of rotatable bonds is 6. The van der Waals surface area contributed by atoms with Crippen LogP contribution in [0.4, 0.5) is 10.5 Å². The van der Waals surface area contributed by atoms with Crippen molar-refractivity contribution in [1.29, 1.82) is 0 Å². The van der Waals surface area contributed by atoms with Crippen LogP contribution in [0.25, 0.3) is 0 Å². The zero-order chi connectivity index (χ0) is 23.5. The van der Waals surface area contributed by atoms with Crippen molar-refractivity contribution in [3.8, 4) is 0 Å². The van der Waals surface area contributed by atoms with Crippen molar-refractivity contribution in [2.45, 2.75) is 38.6 Å². The van der Waals surface area contributed by atoms with Crippen molar-refractivity contribution in [3.05, 3.63) is 46.2 Å². The Morgan fingerprint density at radius 1 is 1.03 bits per heavy atom. The molecule has 1 aliphatic heterocycles. The summed E-state index contributed by atoms with van der Waals surface area (Å²) >= 11 is 1.46. The molecule has 10 heteroatoms. The molecule has 0 spiro atoms. The van der Waals surface area contributed by atoms with E-state index in [0.29, 0.717) is 10.6 Å². The zero-order valence-electron chi connectivity index (χ0n) is 18.8. The molecule has 1 fully saturated rings. The number of benzene rings is 1. The number of hydrogen-bond donors (Lipinski definition) is 2. The van der Waals surface area contributed by atoms with E-state index in [1.54, 1.807) is 23.1 Å². The summed E-state index contributed by atoms with van der Waals surface area (Å²) in [6, 6.07) is 9.56. The Labute approximate surface area is 193 Å². The van der Waals surface area contributed by atoms with Gasteiger partial charge in [0.25, 0.3) is 0 Å². The monoisotopic (exact) mass is 478 g/mol. The molecular weight excluding hydrogens is 448 g/mol. The van der Waals surface area contributed by atoms with Gasteiger partial charge in [-0.25, -0.2) is 13.2 Å².